The minimum Gasteiger partial charge on any atom is -0.401 e. The number of allylic oxidation sites excluding steroid dienone is 5. The fourth-order valence-corrected chi connectivity index (χ4v) is 3.01. The Labute approximate surface area is 234 Å². The van der Waals surface area contributed by atoms with Gasteiger partial charge in [0.25, 0.3) is 0 Å². The van der Waals surface area contributed by atoms with E-state index in [1.165, 1.54) is 35.9 Å². The maximum atomic E-state index is 13.7. The normalized spacial score (nSPS) is 12.9. The van der Waals surface area contributed by atoms with Gasteiger partial charge in [0.1, 0.15) is 17.7 Å². The molecule has 2 aromatic carbocycles. The van der Waals surface area contributed by atoms with Crippen molar-refractivity contribution in [2.75, 3.05) is 0 Å². The summed E-state index contributed by atoms with van der Waals surface area (Å²) < 4.78 is 112. The van der Waals surface area contributed by atoms with E-state index in [-0.39, 0.29) is 5.56 Å². The molecule has 228 valence electrons. The largest absolute Gasteiger partial charge is 0.409 e. The summed E-state index contributed by atoms with van der Waals surface area (Å²) in [5.74, 6) is -5.83. The molecular weight excluding hydrogens is 559 g/mol. The molecule has 11 heteroatoms. The van der Waals surface area contributed by atoms with Gasteiger partial charge >= 0.3 is 18.5 Å². The maximum absolute atomic E-state index is 13.7. The lowest BCUT2D eigenvalue weighted by molar-refractivity contribution is -0.139. The molecule has 0 amide bonds. The number of halogens is 9. The summed E-state index contributed by atoms with van der Waals surface area (Å²) in [6, 6.07) is 6.60. The van der Waals surface area contributed by atoms with Crippen molar-refractivity contribution in [3.05, 3.63) is 120 Å². The first-order chi connectivity index (χ1) is 18.8. The predicted molar refractivity (Wildman–Crippen MR) is 146 cm³/mol. The van der Waals surface area contributed by atoms with Gasteiger partial charge < -0.3 is 11.5 Å². The third-order valence-electron chi connectivity index (χ3n) is 5.30. The smallest absolute Gasteiger partial charge is 0.401 e. The lowest BCUT2D eigenvalue weighted by atomic mass is 9.91. The summed E-state index contributed by atoms with van der Waals surface area (Å²) >= 11 is 0. The molecule has 2 aromatic rings. The van der Waals surface area contributed by atoms with E-state index in [9.17, 15) is 39.5 Å². The zero-order valence-electron chi connectivity index (χ0n) is 23.0. The van der Waals surface area contributed by atoms with Crippen LogP contribution in [0.3, 0.4) is 0 Å². The molecule has 0 aliphatic heterocycles. The lowest BCUT2D eigenvalue weighted by Gasteiger charge is -2.18. The molecule has 0 saturated carbocycles. The number of benzene rings is 2. The maximum Gasteiger partial charge on any atom is 0.409 e. The standard InChI is InChI=1S/C17H14F6.C9H14.C4H7F3N2/c1-10(12-2-4-14(18)5-3-12)13-6-11(7-15(19)8-13)9-17(22,23)16(20)21;1-4-5-6-7-8-9(2)3;1-2(8)3(9)4(5,6)7/h2-8,10,16H,9H2,1H3;4-6,8H,1,7H2,2-3H3;3H,1,8-9H2/t10-;;/m1../s1. The van der Waals surface area contributed by atoms with Crippen molar-refractivity contribution in [1.82, 2.24) is 0 Å². The van der Waals surface area contributed by atoms with Crippen molar-refractivity contribution in [3.8, 4) is 0 Å². The van der Waals surface area contributed by atoms with Crippen LogP contribution in [0.25, 0.3) is 0 Å². The van der Waals surface area contributed by atoms with Gasteiger partial charge in [0.2, 0.25) is 0 Å². The average molecular weight is 595 g/mol. The van der Waals surface area contributed by atoms with Crippen molar-refractivity contribution >= 4 is 0 Å². The van der Waals surface area contributed by atoms with E-state index in [1.807, 2.05) is 6.08 Å². The first-order valence-electron chi connectivity index (χ1n) is 12.2. The highest BCUT2D eigenvalue weighted by Gasteiger charge is 2.40. The molecule has 2 rings (SSSR count). The van der Waals surface area contributed by atoms with Crippen LogP contribution in [0.15, 0.2) is 91.2 Å². The fourth-order valence-electron chi connectivity index (χ4n) is 3.01. The average Bonchev–Trinajstić information content (AvgIpc) is 2.85. The Balaban J connectivity index is 0.000000733. The summed E-state index contributed by atoms with van der Waals surface area (Å²) in [6.45, 7) is 12.3. The Hall–Kier alpha value is -3.47. The first kappa shape index (κ1) is 37.5. The molecular formula is C30H35F9N2. The third-order valence-corrected chi connectivity index (χ3v) is 5.30. The molecule has 0 fully saturated rings. The second-order valence-corrected chi connectivity index (χ2v) is 9.18. The van der Waals surface area contributed by atoms with E-state index in [2.05, 4.69) is 50.6 Å². The van der Waals surface area contributed by atoms with Crippen LogP contribution in [-0.2, 0) is 6.42 Å². The summed E-state index contributed by atoms with van der Waals surface area (Å²) in [5, 5.41) is 0. The number of rotatable bonds is 9. The molecule has 0 aliphatic carbocycles. The topological polar surface area (TPSA) is 52.0 Å². The van der Waals surface area contributed by atoms with Crippen LogP contribution in [-0.4, -0.2) is 24.6 Å². The Morgan fingerprint density at radius 1 is 0.927 bits per heavy atom. The Kier molecular flexibility index (Phi) is 15.9. The van der Waals surface area contributed by atoms with E-state index in [0.717, 1.165) is 18.6 Å². The predicted octanol–water partition coefficient (Wildman–Crippen LogP) is 8.99. The monoisotopic (exact) mass is 594 g/mol. The second kappa shape index (κ2) is 17.4. The Morgan fingerprint density at radius 2 is 1.49 bits per heavy atom. The highest BCUT2D eigenvalue weighted by atomic mass is 19.4. The lowest BCUT2D eigenvalue weighted by Crippen LogP contribution is -2.41. The molecule has 1 unspecified atom stereocenters. The Bertz CT molecular complexity index is 1150. The molecule has 2 atom stereocenters. The Morgan fingerprint density at radius 3 is 1.90 bits per heavy atom. The van der Waals surface area contributed by atoms with Gasteiger partial charge in [0.05, 0.1) is 0 Å². The zero-order chi connectivity index (χ0) is 32.0. The van der Waals surface area contributed by atoms with Gasteiger partial charge in [-0.15, -0.1) is 0 Å². The number of hydrogen-bond donors (Lipinski definition) is 2. The fraction of sp³-hybridized carbons (Fsp3) is 0.333. The number of alkyl halides is 7. The van der Waals surface area contributed by atoms with E-state index < -0.39 is 54.2 Å². The van der Waals surface area contributed by atoms with Crippen LogP contribution in [0.5, 0.6) is 0 Å². The molecule has 4 N–H and O–H groups in total. The van der Waals surface area contributed by atoms with Crippen molar-refractivity contribution in [2.24, 2.45) is 11.5 Å². The van der Waals surface area contributed by atoms with E-state index >= 15 is 0 Å². The summed E-state index contributed by atoms with van der Waals surface area (Å²) in [7, 11) is 0. The van der Waals surface area contributed by atoms with Crippen LogP contribution < -0.4 is 11.5 Å². The van der Waals surface area contributed by atoms with Gasteiger partial charge in [0.15, 0.2) is 0 Å². The molecule has 0 spiro atoms. The zero-order valence-corrected chi connectivity index (χ0v) is 23.0. The molecule has 0 heterocycles. The van der Waals surface area contributed by atoms with Gasteiger partial charge in [0, 0.05) is 18.0 Å². The molecule has 0 aromatic heterocycles. The minimum absolute atomic E-state index is 0.209. The van der Waals surface area contributed by atoms with Gasteiger partial charge in [-0.3, -0.25) is 0 Å². The van der Waals surface area contributed by atoms with Crippen LogP contribution in [0.1, 0.15) is 49.8 Å². The van der Waals surface area contributed by atoms with Crippen molar-refractivity contribution < 1.29 is 39.5 Å². The van der Waals surface area contributed by atoms with Crippen LogP contribution in [0, 0.1) is 11.6 Å². The summed E-state index contributed by atoms with van der Waals surface area (Å²) in [6.07, 6.45) is -0.493. The summed E-state index contributed by atoms with van der Waals surface area (Å²) in [5.41, 5.74) is 10.8. The van der Waals surface area contributed by atoms with Gasteiger partial charge in [-0.05, 0) is 61.2 Å². The van der Waals surface area contributed by atoms with Gasteiger partial charge in [-0.1, -0.05) is 68.2 Å². The number of nitrogens with two attached hydrogens (primary N) is 2. The highest BCUT2D eigenvalue weighted by Crippen LogP contribution is 2.31. The van der Waals surface area contributed by atoms with E-state index in [4.69, 9.17) is 0 Å². The van der Waals surface area contributed by atoms with Crippen LogP contribution in [0.4, 0.5) is 39.5 Å². The molecule has 0 bridgehead atoms. The summed E-state index contributed by atoms with van der Waals surface area (Å²) in [4.78, 5) is 0. The molecule has 2 nitrogen and oxygen atoms in total. The van der Waals surface area contributed by atoms with Crippen LogP contribution >= 0.6 is 0 Å². The van der Waals surface area contributed by atoms with Gasteiger partial charge in [-0.25, -0.2) is 17.6 Å². The molecule has 0 aliphatic rings. The third kappa shape index (κ3) is 15.2. The van der Waals surface area contributed by atoms with Crippen molar-refractivity contribution in [1.29, 1.82) is 0 Å². The molecule has 41 heavy (non-hydrogen) atoms. The van der Waals surface area contributed by atoms with Gasteiger partial charge in [-0.2, -0.15) is 22.0 Å². The molecule has 0 saturated heterocycles. The molecule has 0 radical (unpaired) electrons. The second-order valence-electron chi connectivity index (χ2n) is 9.18. The van der Waals surface area contributed by atoms with Crippen LogP contribution in [0.2, 0.25) is 0 Å². The minimum atomic E-state index is -4.47. The SMILES string of the molecule is C=C(N)C(N)C(F)(F)F.C=CC=CCC=C(C)C.C[C@H](c1ccc(F)cc1)c1cc(F)cc(CC(F)(F)C(F)F)c1. The highest BCUT2D eigenvalue weighted by molar-refractivity contribution is 5.35. The van der Waals surface area contributed by atoms with E-state index in [1.54, 1.807) is 13.0 Å². The van der Waals surface area contributed by atoms with Crippen molar-refractivity contribution in [2.45, 2.75) is 64.1 Å². The number of hydrogen-bond acceptors (Lipinski definition) is 2. The van der Waals surface area contributed by atoms with E-state index in [0.29, 0.717) is 11.1 Å². The van der Waals surface area contributed by atoms with Crippen molar-refractivity contribution in [3.63, 3.8) is 0 Å². The quantitative estimate of drug-likeness (QED) is 0.173. The first-order valence-corrected chi connectivity index (χ1v) is 12.2.